The van der Waals surface area contributed by atoms with Gasteiger partial charge in [0, 0.05) is 5.02 Å². The summed E-state index contributed by atoms with van der Waals surface area (Å²) in [6.07, 6.45) is 1.70. The van der Waals surface area contributed by atoms with E-state index in [1.54, 1.807) is 10.9 Å². The average Bonchev–Trinajstić information content (AvgIpc) is 2.99. The summed E-state index contributed by atoms with van der Waals surface area (Å²) in [5, 5.41) is 11.8. The summed E-state index contributed by atoms with van der Waals surface area (Å²) in [6.45, 7) is 4.71. The second kappa shape index (κ2) is 8.83. The Morgan fingerprint density at radius 2 is 1.96 bits per heavy atom. The highest BCUT2D eigenvalue weighted by atomic mass is 35.5. The largest absolute Gasteiger partial charge is 0.490 e. The number of aromatic nitrogens is 3. The first-order valence-corrected chi connectivity index (χ1v) is 9.18. The summed E-state index contributed by atoms with van der Waals surface area (Å²) >= 11 is 11.1. The lowest BCUT2D eigenvalue weighted by Crippen LogP contribution is -2.01. The molecular weight excluding hydrogens is 384 g/mol. The number of rotatable bonds is 7. The Hall–Kier alpha value is -2.64. The standard InChI is InChI=1S/C19H19ClN4O2S/c1-3-25-18-10-15(11-21-24-13(2)22-23-19(24)27)6-9-17(18)26-12-14-4-7-16(20)8-5-14/h4-11H,3,12H2,1-2H3,(H,23,27)/b21-11-. The molecule has 140 valence electrons. The van der Waals surface area contributed by atoms with Gasteiger partial charge in [0.2, 0.25) is 4.77 Å². The maximum atomic E-state index is 5.91. The molecule has 3 rings (SSSR count). The van der Waals surface area contributed by atoms with E-state index >= 15 is 0 Å². The van der Waals surface area contributed by atoms with Crippen LogP contribution in [0, 0.1) is 11.7 Å². The number of H-pyrrole nitrogens is 1. The Kier molecular flexibility index (Phi) is 6.26. The fourth-order valence-corrected chi connectivity index (χ4v) is 2.72. The summed E-state index contributed by atoms with van der Waals surface area (Å²) in [7, 11) is 0. The van der Waals surface area contributed by atoms with Crippen molar-refractivity contribution in [3.8, 4) is 11.5 Å². The van der Waals surface area contributed by atoms with Gasteiger partial charge >= 0.3 is 0 Å². The molecule has 8 heteroatoms. The molecule has 1 heterocycles. The fraction of sp³-hybridized carbons (Fsp3) is 0.211. The van der Waals surface area contributed by atoms with Gasteiger partial charge in [-0.25, -0.2) is 0 Å². The second-order valence-corrected chi connectivity index (χ2v) is 6.51. The third kappa shape index (κ3) is 4.96. The van der Waals surface area contributed by atoms with Gasteiger partial charge in [0.1, 0.15) is 12.4 Å². The third-order valence-electron chi connectivity index (χ3n) is 3.71. The van der Waals surface area contributed by atoms with Crippen LogP contribution in [-0.4, -0.2) is 27.7 Å². The quantitative estimate of drug-likeness (QED) is 0.457. The first-order chi connectivity index (χ1) is 13.1. The van der Waals surface area contributed by atoms with Crippen LogP contribution in [0.15, 0.2) is 47.6 Å². The summed E-state index contributed by atoms with van der Waals surface area (Å²) in [5.74, 6) is 2.01. The van der Waals surface area contributed by atoms with Crippen molar-refractivity contribution in [2.24, 2.45) is 5.10 Å². The van der Waals surface area contributed by atoms with Gasteiger partial charge in [0.25, 0.3) is 0 Å². The van der Waals surface area contributed by atoms with Crippen LogP contribution in [0.25, 0.3) is 0 Å². The van der Waals surface area contributed by atoms with Crippen molar-refractivity contribution in [3.63, 3.8) is 0 Å². The Morgan fingerprint density at radius 3 is 2.63 bits per heavy atom. The van der Waals surface area contributed by atoms with Gasteiger partial charge < -0.3 is 9.47 Å². The Bertz CT molecular complexity index is 996. The molecule has 0 spiro atoms. The van der Waals surface area contributed by atoms with Gasteiger partial charge in [-0.05, 0) is 67.5 Å². The predicted molar refractivity (Wildman–Crippen MR) is 109 cm³/mol. The van der Waals surface area contributed by atoms with E-state index in [0.29, 0.717) is 40.3 Å². The predicted octanol–water partition coefficient (Wildman–Crippen LogP) is 4.76. The van der Waals surface area contributed by atoms with Crippen LogP contribution in [0.5, 0.6) is 11.5 Å². The second-order valence-electron chi connectivity index (χ2n) is 5.69. The zero-order chi connectivity index (χ0) is 19.2. The van der Waals surface area contributed by atoms with E-state index in [0.717, 1.165) is 11.1 Å². The zero-order valence-electron chi connectivity index (χ0n) is 15.0. The van der Waals surface area contributed by atoms with Crippen molar-refractivity contribution in [2.75, 3.05) is 6.61 Å². The van der Waals surface area contributed by atoms with E-state index in [2.05, 4.69) is 15.3 Å². The molecule has 2 aromatic carbocycles. The van der Waals surface area contributed by atoms with Crippen LogP contribution in [0.4, 0.5) is 0 Å². The molecule has 1 aromatic heterocycles. The Labute approximate surface area is 167 Å². The summed E-state index contributed by atoms with van der Waals surface area (Å²) in [6, 6.07) is 13.2. The van der Waals surface area contributed by atoms with E-state index in [1.807, 2.05) is 56.3 Å². The lowest BCUT2D eigenvalue weighted by Gasteiger charge is -2.12. The fourth-order valence-electron chi connectivity index (χ4n) is 2.37. The van der Waals surface area contributed by atoms with Crippen LogP contribution >= 0.6 is 23.8 Å². The van der Waals surface area contributed by atoms with Gasteiger partial charge in [-0.3, -0.25) is 5.10 Å². The lowest BCUT2D eigenvalue weighted by molar-refractivity contribution is 0.269. The smallest absolute Gasteiger partial charge is 0.216 e. The van der Waals surface area contributed by atoms with E-state index in [1.165, 1.54) is 0 Å². The van der Waals surface area contributed by atoms with Gasteiger partial charge in [-0.2, -0.15) is 14.9 Å². The van der Waals surface area contributed by atoms with Crippen molar-refractivity contribution in [1.29, 1.82) is 0 Å². The zero-order valence-corrected chi connectivity index (χ0v) is 16.5. The number of nitrogens with zero attached hydrogens (tertiary/aromatic N) is 3. The summed E-state index contributed by atoms with van der Waals surface area (Å²) < 4.78 is 13.6. The highest BCUT2D eigenvalue weighted by molar-refractivity contribution is 7.71. The van der Waals surface area contributed by atoms with Gasteiger partial charge in [-0.1, -0.05) is 23.7 Å². The molecule has 0 saturated heterocycles. The van der Waals surface area contributed by atoms with Crippen LogP contribution in [0.3, 0.4) is 0 Å². The molecule has 1 N–H and O–H groups in total. The summed E-state index contributed by atoms with van der Waals surface area (Å²) in [4.78, 5) is 0. The van der Waals surface area contributed by atoms with Gasteiger partial charge in [0.15, 0.2) is 11.5 Å². The number of aromatic amines is 1. The van der Waals surface area contributed by atoms with Crippen LogP contribution in [0.2, 0.25) is 5.02 Å². The average molecular weight is 403 g/mol. The minimum Gasteiger partial charge on any atom is -0.490 e. The highest BCUT2D eigenvalue weighted by Crippen LogP contribution is 2.29. The lowest BCUT2D eigenvalue weighted by atomic mass is 10.2. The maximum Gasteiger partial charge on any atom is 0.216 e. The molecule has 6 nitrogen and oxygen atoms in total. The van der Waals surface area contributed by atoms with Crippen molar-refractivity contribution >= 4 is 30.0 Å². The molecule has 27 heavy (non-hydrogen) atoms. The number of aryl methyl sites for hydroxylation is 1. The highest BCUT2D eigenvalue weighted by Gasteiger charge is 2.07. The topological polar surface area (TPSA) is 64.4 Å². The number of hydrogen-bond acceptors (Lipinski definition) is 5. The van der Waals surface area contributed by atoms with Crippen molar-refractivity contribution in [3.05, 3.63) is 69.2 Å². The Balaban J connectivity index is 1.77. The molecule has 0 aliphatic carbocycles. The third-order valence-corrected chi connectivity index (χ3v) is 4.23. The summed E-state index contributed by atoms with van der Waals surface area (Å²) in [5.41, 5.74) is 1.89. The first-order valence-electron chi connectivity index (χ1n) is 8.39. The van der Waals surface area contributed by atoms with Crippen LogP contribution in [-0.2, 0) is 6.61 Å². The molecule has 0 fully saturated rings. The normalized spacial score (nSPS) is 11.1. The minimum absolute atomic E-state index is 0.425. The number of benzene rings is 2. The van der Waals surface area contributed by atoms with Crippen LogP contribution in [0.1, 0.15) is 23.9 Å². The minimum atomic E-state index is 0.425. The molecule has 0 aliphatic rings. The molecule has 0 unspecified atom stereocenters. The molecule has 0 atom stereocenters. The number of halogens is 1. The molecule has 0 bridgehead atoms. The molecular formula is C19H19ClN4O2S. The molecule has 3 aromatic rings. The van der Waals surface area contributed by atoms with E-state index in [-0.39, 0.29) is 0 Å². The number of nitrogens with one attached hydrogen (secondary N) is 1. The molecule has 0 aliphatic heterocycles. The van der Waals surface area contributed by atoms with Crippen molar-refractivity contribution in [1.82, 2.24) is 14.9 Å². The molecule has 0 saturated carbocycles. The number of ether oxygens (including phenoxy) is 2. The number of hydrogen-bond donors (Lipinski definition) is 1. The van der Waals surface area contributed by atoms with Crippen molar-refractivity contribution < 1.29 is 9.47 Å². The molecule has 0 amide bonds. The van der Waals surface area contributed by atoms with Gasteiger partial charge in [0.05, 0.1) is 12.8 Å². The molecule has 0 radical (unpaired) electrons. The monoisotopic (exact) mass is 402 g/mol. The van der Waals surface area contributed by atoms with Crippen LogP contribution < -0.4 is 9.47 Å². The van der Waals surface area contributed by atoms with E-state index < -0.39 is 0 Å². The Morgan fingerprint density at radius 1 is 1.19 bits per heavy atom. The van der Waals surface area contributed by atoms with Crippen molar-refractivity contribution in [2.45, 2.75) is 20.5 Å². The maximum absolute atomic E-state index is 5.91. The SMILES string of the molecule is CCOc1cc(/C=N\n2c(C)n[nH]c2=S)ccc1OCc1ccc(Cl)cc1. The van der Waals surface area contributed by atoms with E-state index in [4.69, 9.17) is 33.3 Å². The first kappa shape index (κ1) is 19.1. The van der Waals surface area contributed by atoms with Gasteiger partial charge in [-0.15, -0.1) is 0 Å². The van der Waals surface area contributed by atoms with E-state index in [9.17, 15) is 0 Å².